The molecule has 4 aliphatic carbocycles. The van der Waals surface area contributed by atoms with Crippen molar-refractivity contribution in [2.75, 3.05) is 13.2 Å². The van der Waals surface area contributed by atoms with E-state index in [-0.39, 0.29) is 54.4 Å². The first-order valence-corrected chi connectivity index (χ1v) is 13.7. The van der Waals surface area contributed by atoms with Gasteiger partial charge in [-0.15, -0.1) is 0 Å². The van der Waals surface area contributed by atoms with E-state index in [9.17, 15) is 24.9 Å². The number of fused-ring (bicyclic) bond motifs is 4. The quantitative estimate of drug-likeness (QED) is 0.411. The van der Waals surface area contributed by atoms with E-state index in [2.05, 4.69) is 13.8 Å². The summed E-state index contributed by atoms with van der Waals surface area (Å²) in [5, 5.41) is 31.2. The Kier molecular flexibility index (Phi) is 5.41. The average Bonchev–Trinajstić information content (AvgIpc) is 3.46. The zero-order valence-corrected chi connectivity index (χ0v) is 21.2. The number of esters is 1. The van der Waals surface area contributed by atoms with Gasteiger partial charge in [0, 0.05) is 12.8 Å². The molecule has 0 unspecified atom stereocenters. The number of aliphatic hydroxyl groups is 3. The first-order chi connectivity index (χ1) is 16.7. The predicted octanol–water partition coefficient (Wildman–Crippen LogP) is 2.55. The van der Waals surface area contributed by atoms with Crippen molar-refractivity contribution in [3.05, 3.63) is 11.1 Å². The number of epoxide rings is 1. The van der Waals surface area contributed by atoms with Crippen molar-refractivity contribution < 1.29 is 34.4 Å². The van der Waals surface area contributed by atoms with E-state index in [1.807, 2.05) is 6.92 Å². The van der Waals surface area contributed by atoms with Crippen molar-refractivity contribution in [1.82, 2.24) is 0 Å². The highest BCUT2D eigenvalue weighted by atomic mass is 16.6. The van der Waals surface area contributed by atoms with Gasteiger partial charge in [0.1, 0.15) is 17.5 Å². The third-order valence-corrected chi connectivity index (χ3v) is 11.9. The first kappa shape index (κ1) is 24.1. The smallest absolute Gasteiger partial charge is 0.336 e. The highest BCUT2D eigenvalue weighted by molar-refractivity contribution is 5.90. The molecule has 194 valence electrons. The van der Waals surface area contributed by atoms with Crippen molar-refractivity contribution in [1.29, 1.82) is 0 Å². The Morgan fingerprint density at radius 2 is 1.89 bits per heavy atom. The summed E-state index contributed by atoms with van der Waals surface area (Å²) in [5.74, 6) is 1.07. The lowest BCUT2D eigenvalue weighted by atomic mass is 9.43. The molecule has 11 atom stereocenters. The Morgan fingerprint density at radius 3 is 2.57 bits per heavy atom. The van der Waals surface area contributed by atoms with Crippen molar-refractivity contribution in [3.63, 3.8) is 0 Å². The largest absolute Gasteiger partial charge is 0.458 e. The van der Waals surface area contributed by atoms with E-state index < -0.39 is 17.1 Å². The van der Waals surface area contributed by atoms with Gasteiger partial charge in [-0.25, -0.2) is 4.79 Å². The van der Waals surface area contributed by atoms with Crippen LogP contribution in [0.2, 0.25) is 0 Å². The Labute approximate surface area is 207 Å². The topological polar surface area (TPSA) is 117 Å². The van der Waals surface area contributed by atoms with Crippen LogP contribution >= 0.6 is 0 Å². The maximum Gasteiger partial charge on any atom is 0.336 e. The molecule has 2 aliphatic heterocycles. The summed E-state index contributed by atoms with van der Waals surface area (Å²) in [7, 11) is 0. The molecular weight excluding hydrogens is 448 g/mol. The Bertz CT molecular complexity index is 974. The molecule has 7 heteroatoms. The summed E-state index contributed by atoms with van der Waals surface area (Å²) >= 11 is 0. The standard InChI is InChI=1S/C28H40O7/c1-14-10-21(34-25(33)17(14)12-29)15(2)18-4-5-19-16-11-24-28(35-24)23(32)7-6-22(31)27(28,13-30)20(16)8-9-26(18,19)3/h15-16,18-21,23-24,29-30,32H,4-13H2,1-3H3/t15-,16-,18+,19-,20-,21+,23-,24+,26+,27-,28+/m0/s1. The number of aliphatic hydroxyl groups excluding tert-OH is 3. The number of hydrogen-bond donors (Lipinski definition) is 3. The average molecular weight is 489 g/mol. The summed E-state index contributed by atoms with van der Waals surface area (Å²) in [6.45, 7) is 6.02. The minimum absolute atomic E-state index is 0.0469. The Hall–Kier alpha value is -1.28. The molecule has 0 amide bonds. The Balaban J connectivity index is 1.28. The lowest BCUT2D eigenvalue weighted by Gasteiger charge is -2.59. The zero-order valence-electron chi connectivity index (χ0n) is 21.2. The lowest BCUT2D eigenvalue weighted by molar-refractivity contribution is -0.177. The molecular formula is C28H40O7. The van der Waals surface area contributed by atoms with E-state index >= 15 is 0 Å². The third kappa shape index (κ3) is 2.87. The fourth-order valence-electron chi connectivity index (χ4n) is 10.1. The normalized spacial score (nSPS) is 51.7. The van der Waals surface area contributed by atoms with Crippen LogP contribution in [0.15, 0.2) is 11.1 Å². The van der Waals surface area contributed by atoms with Gasteiger partial charge >= 0.3 is 5.97 Å². The van der Waals surface area contributed by atoms with E-state index in [0.717, 1.165) is 37.7 Å². The summed E-state index contributed by atoms with van der Waals surface area (Å²) in [4.78, 5) is 25.9. The number of rotatable bonds is 4. The maximum absolute atomic E-state index is 13.5. The summed E-state index contributed by atoms with van der Waals surface area (Å²) < 4.78 is 12.1. The molecule has 3 N–H and O–H groups in total. The van der Waals surface area contributed by atoms with Crippen LogP contribution in [0.3, 0.4) is 0 Å². The third-order valence-electron chi connectivity index (χ3n) is 11.9. The molecule has 0 aromatic heterocycles. The number of carbonyl (C=O) groups is 2. The van der Waals surface area contributed by atoms with Gasteiger partial charge in [0.2, 0.25) is 0 Å². The van der Waals surface area contributed by atoms with Crippen molar-refractivity contribution in [2.45, 2.75) is 96.1 Å². The predicted molar refractivity (Wildman–Crippen MR) is 126 cm³/mol. The molecule has 2 heterocycles. The van der Waals surface area contributed by atoms with Gasteiger partial charge in [-0.05, 0) is 80.5 Å². The maximum atomic E-state index is 13.5. The molecule has 7 nitrogen and oxygen atoms in total. The molecule has 6 rings (SSSR count). The summed E-state index contributed by atoms with van der Waals surface area (Å²) in [6, 6.07) is 0. The minimum atomic E-state index is -0.967. The van der Waals surface area contributed by atoms with Gasteiger partial charge in [0.25, 0.3) is 0 Å². The van der Waals surface area contributed by atoms with Crippen LogP contribution in [0, 0.1) is 40.4 Å². The number of ether oxygens (including phenoxy) is 2. The molecule has 0 radical (unpaired) electrons. The van der Waals surface area contributed by atoms with E-state index in [0.29, 0.717) is 42.6 Å². The van der Waals surface area contributed by atoms with Crippen LogP contribution in [0.1, 0.15) is 72.1 Å². The second kappa shape index (κ2) is 7.86. The van der Waals surface area contributed by atoms with Crippen molar-refractivity contribution in [2.24, 2.45) is 40.4 Å². The SMILES string of the molecule is CC1=C(CO)C(=O)O[C@@H]([C@@H](C)[C@H]2CC[C@H]3[C@@H]4C[C@H]5O[C@]56[C@@H](O)CCC(=O)[C@]6(CO)[C@H]4CC[C@]23C)C1. The fraction of sp³-hybridized carbons (Fsp3) is 0.857. The second-order valence-electron chi connectivity index (χ2n) is 12.8. The van der Waals surface area contributed by atoms with E-state index in [4.69, 9.17) is 9.47 Å². The number of carbonyl (C=O) groups excluding carboxylic acids is 2. The van der Waals surface area contributed by atoms with Gasteiger partial charge in [-0.1, -0.05) is 19.4 Å². The summed E-state index contributed by atoms with van der Waals surface area (Å²) in [5.41, 5.74) is -0.442. The lowest BCUT2D eigenvalue weighted by Crippen LogP contribution is -2.67. The highest BCUT2D eigenvalue weighted by Crippen LogP contribution is 2.73. The van der Waals surface area contributed by atoms with Gasteiger partial charge in [0.05, 0.1) is 36.4 Å². The van der Waals surface area contributed by atoms with E-state index in [1.165, 1.54) is 0 Å². The number of ketones is 1. The molecule has 1 spiro atoms. The van der Waals surface area contributed by atoms with Crippen LogP contribution in [0.5, 0.6) is 0 Å². The molecule has 5 fully saturated rings. The Morgan fingerprint density at radius 1 is 1.11 bits per heavy atom. The molecule has 6 aliphatic rings. The molecule has 0 aromatic carbocycles. The molecule has 35 heavy (non-hydrogen) atoms. The van der Waals surface area contributed by atoms with Crippen LogP contribution in [-0.4, -0.2) is 64.2 Å². The van der Waals surface area contributed by atoms with Crippen LogP contribution in [0.25, 0.3) is 0 Å². The fourth-order valence-corrected chi connectivity index (χ4v) is 10.1. The molecule has 0 aromatic rings. The number of Topliss-reactive ketones (excluding diaryl/α,β-unsaturated/α-hetero) is 1. The first-order valence-electron chi connectivity index (χ1n) is 13.7. The van der Waals surface area contributed by atoms with Gasteiger partial charge in [0.15, 0.2) is 0 Å². The summed E-state index contributed by atoms with van der Waals surface area (Å²) in [6.07, 6.45) is 5.25. The number of cyclic esters (lactones) is 1. The highest BCUT2D eigenvalue weighted by Gasteiger charge is 2.82. The van der Waals surface area contributed by atoms with E-state index in [1.54, 1.807) is 0 Å². The van der Waals surface area contributed by atoms with Gasteiger partial charge in [-0.2, -0.15) is 0 Å². The van der Waals surface area contributed by atoms with Gasteiger partial charge < -0.3 is 24.8 Å². The van der Waals surface area contributed by atoms with Crippen molar-refractivity contribution in [3.8, 4) is 0 Å². The number of hydrogen-bond acceptors (Lipinski definition) is 7. The molecule has 1 saturated heterocycles. The monoisotopic (exact) mass is 488 g/mol. The molecule has 0 bridgehead atoms. The minimum Gasteiger partial charge on any atom is -0.458 e. The second-order valence-corrected chi connectivity index (χ2v) is 12.8. The van der Waals surface area contributed by atoms with Crippen molar-refractivity contribution >= 4 is 11.8 Å². The van der Waals surface area contributed by atoms with Crippen LogP contribution in [-0.2, 0) is 19.1 Å². The van der Waals surface area contributed by atoms with Gasteiger partial charge in [-0.3, -0.25) is 4.79 Å². The zero-order chi connectivity index (χ0) is 24.9. The van der Waals surface area contributed by atoms with Crippen LogP contribution in [0.4, 0.5) is 0 Å². The molecule has 4 saturated carbocycles. The van der Waals surface area contributed by atoms with Crippen LogP contribution < -0.4 is 0 Å².